The Labute approximate surface area is 65.7 Å². The minimum atomic E-state index is -0.693. The van der Waals surface area contributed by atoms with Crippen LogP contribution in [0.5, 0.6) is 0 Å². The number of carbonyl (C=O) groups is 1. The van der Waals surface area contributed by atoms with Gasteiger partial charge in [-0.3, -0.25) is 0 Å². The fourth-order valence-corrected chi connectivity index (χ4v) is 0.377. The predicted molar refractivity (Wildman–Crippen MR) is 39.4 cm³/mol. The van der Waals surface area contributed by atoms with Crippen LogP contribution in [-0.4, -0.2) is 33.1 Å². The van der Waals surface area contributed by atoms with Gasteiger partial charge in [-0.15, -0.1) is 0 Å². The van der Waals surface area contributed by atoms with E-state index in [9.17, 15) is 4.79 Å². The molecule has 0 fully saturated rings. The smallest absolute Gasteiger partial charge is 0.432 e. The highest BCUT2D eigenvalue weighted by Gasteiger charge is 1.99. The maximum atomic E-state index is 10.5. The van der Waals surface area contributed by atoms with E-state index < -0.39 is 6.16 Å². The summed E-state index contributed by atoms with van der Waals surface area (Å²) in [7, 11) is 1.53. The van der Waals surface area contributed by atoms with Gasteiger partial charge in [-0.05, 0) is 0 Å². The molecule has 0 rings (SSSR count). The van der Waals surface area contributed by atoms with E-state index in [2.05, 4.69) is 20.8 Å². The molecule has 0 aliphatic carbocycles. The molecule has 0 aromatic rings. The minimum absolute atomic E-state index is 0.172. The summed E-state index contributed by atoms with van der Waals surface area (Å²) in [6.07, 6.45) is 0.777. The van der Waals surface area contributed by atoms with E-state index in [0.717, 1.165) is 0 Å². The van der Waals surface area contributed by atoms with Gasteiger partial charge in [0.05, 0.1) is 6.61 Å². The summed E-state index contributed by atoms with van der Waals surface area (Å²) >= 11 is 0. The molecule has 4 heteroatoms. The van der Waals surface area contributed by atoms with Gasteiger partial charge in [0.15, 0.2) is 0 Å². The Morgan fingerprint density at radius 1 is 1.45 bits per heavy atom. The summed E-state index contributed by atoms with van der Waals surface area (Å²) in [5, 5.41) is 0. The Kier molecular flexibility index (Phi) is 6.42. The van der Waals surface area contributed by atoms with Crippen molar-refractivity contribution in [2.45, 2.75) is 0 Å². The van der Waals surface area contributed by atoms with Gasteiger partial charge >= 0.3 is 6.16 Å². The summed E-state index contributed by atoms with van der Waals surface area (Å²) in [6.45, 7) is 4.14. The number of hydrogen-bond acceptors (Lipinski definition) is 4. The van der Waals surface area contributed by atoms with Crippen molar-refractivity contribution >= 4 is 6.16 Å². The first kappa shape index (κ1) is 9.97. The van der Waals surface area contributed by atoms with Crippen molar-refractivity contribution in [2.24, 2.45) is 0 Å². The molecule has 0 radical (unpaired) electrons. The molecule has 0 aromatic carbocycles. The van der Waals surface area contributed by atoms with E-state index in [1.807, 2.05) is 0 Å². The number of hydrogen-bond donors (Lipinski definition) is 0. The predicted octanol–water partition coefficient (Wildman–Crippen LogP) is 0.972. The second-order valence-corrected chi connectivity index (χ2v) is 1.69. The van der Waals surface area contributed by atoms with Crippen LogP contribution >= 0.6 is 0 Å². The third-order valence-electron chi connectivity index (χ3n) is 0.826. The molecule has 0 spiro atoms. The number of rotatable bonds is 5. The third kappa shape index (κ3) is 6.86. The maximum Gasteiger partial charge on any atom is 0.508 e. The molecule has 0 bridgehead atoms. The lowest BCUT2D eigenvalue weighted by atomic mass is 10.7. The van der Waals surface area contributed by atoms with Crippen LogP contribution in [0.2, 0.25) is 0 Å². The van der Waals surface area contributed by atoms with Crippen LogP contribution < -0.4 is 0 Å². The Morgan fingerprint density at radius 3 is 2.73 bits per heavy atom. The first-order valence-corrected chi connectivity index (χ1v) is 3.20. The molecule has 0 atom stereocenters. The fourth-order valence-electron chi connectivity index (χ4n) is 0.377. The molecular weight excluding hydrogens is 148 g/mol. The van der Waals surface area contributed by atoms with Gasteiger partial charge in [-0.1, -0.05) is 12.7 Å². The van der Waals surface area contributed by atoms with Crippen molar-refractivity contribution in [3.05, 3.63) is 12.7 Å². The summed E-state index contributed by atoms with van der Waals surface area (Å²) in [5.74, 6) is 0. The highest BCUT2D eigenvalue weighted by molar-refractivity contribution is 5.59. The summed E-state index contributed by atoms with van der Waals surface area (Å²) < 4.78 is 13.7. The Bertz CT molecular complexity index is 122. The van der Waals surface area contributed by atoms with Crippen LogP contribution in [0.3, 0.4) is 0 Å². The van der Waals surface area contributed by atoms with Crippen molar-refractivity contribution < 1.29 is 19.0 Å². The van der Waals surface area contributed by atoms with Crippen molar-refractivity contribution in [1.82, 2.24) is 0 Å². The lowest BCUT2D eigenvalue weighted by Crippen LogP contribution is -2.11. The molecule has 0 aromatic heterocycles. The van der Waals surface area contributed by atoms with Crippen LogP contribution in [0, 0.1) is 0 Å². The van der Waals surface area contributed by atoms with Crippen LogP contribution in [-0.2, 0) is 14.2 Å². The molecular formula is C7H12O4. The zero-order valence-electron chi connectivity index (χ0n) is 6.54. The first-order chi connectivity index (χ1) is 5.31. The normalized spacial score (nSPS) is 8.82. The van der Waals surface area contributed by atoms with Crippen LogP contribution in [0.25, 0.3) is 0 Å². The second-order valence-electron chi connectivity index (χ2n) is 1.69. The number of methoxy groups -OCH3 is 1. The van der Waals surface area contributed by atoms with Crippen LogP contribution in [0.15, 0.2) is 12.7 Å². The quantitative estimate of drug-likeness (QED) is 0.341. The van der Waals surface area contributed by atoms with Crippen LogP contribution in [0.4, 0.5) is 4.79 Å². The van der Waals surface area contributed by atoms with E-state index in [1.54, 1.807) is 0 Å². The first-order valence-electron chi connectivity index (χ1n) is 3.20. The molecule has 0 N–H and O–H groups in total. The molecule has 4 nitrogen and oxygen atoms in total. The zero-order valence-corrected chi connectivity index (χ0v) is 6.54. The Hall–Kier alpha value is -1.03. The Balaban J connectivity index is 3.15. The second kappa shape index (κ2) is 7.08. The van der Waals surface area contributed by atoms with Gasteiger partial charge in [0.2, 0.25) is 0 Å². The topological polar surface area (TPSA) is 44.8 Å². The monoisotopic (exact) mass is 160 g/mol. The average Bonchev–Trinajstić information content (AvgIpc) is 2.01. The van der Waals surface area contributed by atoms with Crippen molar-refractivity contribution in [1.29, 1.82) is 0 Å². The van der Waals surface area contributed by atoms with Gasteiger partial charge in [0.25, 0.3) is 0 Å². The van der Waals surface area contributed by atoms with Gasteiger partial charge in [-0.25, -0.2) is 4.79 Å². The van der Waals surface area contributed by atoms with E-state index in [4.69, 9.17) is 0 Å². The van der Waals surface area contributed by atoms with Gasteiger partial charge in [0, 0.05) is 7.11 Å². The Morgan fingerprint density at radius 2 is 2.18 bits per heavy atom. The third-order valence-corrected chi connectivity index (χ3v) is 0.826. The summed E-state index contributed by atoms with van der Waals surface area (Å²) in [4.78, 5) is 10.5. The lowest BCUT2D eigenvalue weighted by molar-refractivity contribution is 0.0426. The molecule has 0 amide bonds. The number of ether oxygens (including phenoxy) is 3. The van der Waals surface area contributed by atoms with Gasteiger partial charge in [-0.2, -0.15) is 0 Å². The lowest BCUT2D eigenvalue weighted by Gasteiger charge is -2.02. The van der Waals surface area contributed by atoms with E-state index >= 15 is 0 Å². The maximum absolute atomic E-state index is 10.5. The van der Waals surface area contributed by atoms with Crippen LogP contribution in [0.1, 0.15) is 0 Å². The zero-order chi connectivity index (χ0) is 8.53. The standard InChI is InChI=1S/C7H12O4/c1-3-4-10-7(8)11-6-5-9-2/h3H,1,4-6H2,2H3. The molecule has 0 unspecified atom stereocenters. The van der Waals surface area contributed by atoms with Gasteiger partial charge in [0.1, 0.15) is 13.2 Å². The van der Waals surface area contributed by atoms with E-state index in [-0.39, 0.29) is 13.2 Å². The molecule has 0 aliphatic heterocycles. The van der Waals surface area contributed by atoms with Crippen molar-refractivity contribution in [3.63, 3.8) is 0 Å². The summed E-state index contributed by atoms with van der Waals surface area (Å²) in [5.41, 5.74) is 0. The molecule has 0 saturated heterocycles. The molecule has 0 saturated carbocycles. The molecule has 64 valence electrons. The van der Waals surface area contributed by atoms with Gasteiger partial charge < -0.3 is 14.2 Å². The van der Waals surface area contributed by atoms with E-state index in [1.165, 1.54) is 13.2 Å². The number of carbonyl (C=O) groups excluding carboxylic acids is 1. The highest BCUT2D eigenvalue weighted by Crippen LogP contribution is 1.85. The van der Waals surface area contributed by atoms with Crippen molar-refractivity contribution in [3.8, 4) is 0 Å². The minimum Gasteiger partial charge on any atom is -0.432 e. The summed E-state index contributed by atoms with van der Waals surface area (Å²) in [6, 6.07) is 0. The average molecular weight is 160 g/mol. The fraction of sp³-hybridized carbons (Fsp3) is 0.571. The molecule has 11 heavy (non-hydrogen) atoms. The van der Waals surface area contributed by atoms with E-state index in [0.29, 0.717) is 6.61 Å². The largest absolute Gasteiger partial charge is 0.508 e. The highest BCUT2D eigenvalue weighted by atomic mass is 16.7. The molecule has 0 heterocycles. The van der Waals surface area contributed by atoms with Crippen molar-refractivity contribution in [2.75, 3.05) is 26.9 Å². The molecule has 0 aliphatic rings. The SMILES string of the molecule is C=CCOC(=O)OCCOC.